The van der Waals surface area contributed by atoms with Crippen LogP contribution in [0.4, 0.5) is 5.69 Å². The lowest BCUT2D eigenvalue weighted by atomic mass is 10.2. The van der Waals surface area contributed by atoms with E-state index in [9.17, 15) is 4.79 Å². The average Bonchev–Trinajstić information content (AvgIpc) is 2.41. The Labute approximate surface area is 118 Å². The van der Waals surface area contributed by atoms with Gasteiger partial charge in [-0.2, -0.15) is 0 Å². The van der Waals surface area contributed by atoms with Gasteiger partial charge < -0.3 is 15.2 Å². The Kier molecular flexibility index (Phi) is 4.74. The first-order valence-corrected chi connectivity index (χ1v) is 6.44. The molecule has 0 aromatic heterocycles. The number of aliphatic hydroxyl groups is 1. The van der Waals surface area contributed by atoms with Crippen molar-refractivity contribution in [1.29, 1.82) is 0 Å². The van der Waals surface area contributed by atoms with Gasteiger partial charge in [0.05, 0.1) is 12.5 Å². The van der Waals surface area contributed by atoms with Gasteiger partial charge in [-0.05, 0) is 43.3 Å². The van der Waals surface area contributed by atoms with Gasteiger partial charge in [0.1, 0.15) is 11.5 Å². The van der Waals surface area contributed by atoms with E-state index in [1.165, 1.54) is 0 Å². The summed E-state index contributed by atoms with van der Waals surface area (Å²) in [6.45, 7) is 1.58. The topological polar surface area (TPSA) is 58.6 Å². The van der Waals surface area contributed by atoms with Crippen LogP contribution in [0.25, 0.3) is 0 Å². The molecular weight excluding hydrogens is 254 g/mol. The smallest absolute Gasteiger partial charge is 0.226 e. The van der Waals surface area contributed by atoms with Crippen LogP contribution >= 0.6 is 0 Å². The van der Waals surface area contributed by atoms with E-state index in [1.807, 2.05) is 30.3 Å². The molecule has 1 atom stereocenters. The van der Waals surface area contributed by atoms with Crippen LogP contribution in [0.1, 0.15) is 13.3 Å². The summed E-state index contributed by atoms with van der Waals surface area (Å²) < 4.78 is 5.65. The van der Waals surface area contributed by atoms with E-state index in [0.29, 0.717) is 11.4 Å². The summed E-state index contributed by atoms with van der Waals surface area (Å²) in [4.78, 5) is 11.5. The summed E-state index contributed by atoms with van der Waals surface area (Å²) >= 11 is 0. The molecule has 104 valence electrons. The fourth-order valence-electron chi connectivity index (χ4n) is 1.71. The standard InChI is InChI=1S/C16H17NO3/c1-12(18)11-16(19)17-13-7-9-15(10-8-13)20-14-5-3-2-4-6-14/h2-10,12,18H,11H2,1H3,(H,17,19). The summed E-state index contributed by atoms with van der Waals surface area (Å²) in [7, 11) is 0. The number of carbonyl (C=O) groups excluding carboxylic acids is 1. The van der Waals surface area contributed by atoms with E-state index in [-0.39, 0.29) is 12.3 Å². The maximum atomic E-state index is 11.5. The minimum atomic E-state index is -0.643. The molecule has 0 aliphatic rings. The number of amides is 1. The van der Waals surface area contributed by atoms with Crippen molar-refractivity contribution in [3.05, 3.63) is 54.6 Å². The minimum Gasteiger partial charge on any atom is -0.457 e. The third kappa shape index (κ3) is 4.40. The van der Waals surface area contributed by atoms with E-state index in [2.05, 4.69) is 5.32 Å². The molecule has 0 fully saturated rings. The summed E-state index contributed by atoms with van der Waals surface area (Å²) in [6.07, 6.45) is -0.557. The number of hydrogen-bond acceptors (Lipinski definition) is 3. The van der Waals surface area contributed by atoms with Gasteiger partial charge in [-0.25, -0.2) is 0 Å². The van der Waals surface area contributed by atoms with Gasteiger partial charge in [0.25, 0.3) is 0 Å². The molecule has 0 bridgehead atoms. The molecule has 1 unspecified atom stereocenters. The van der Waals surface area contributed by atoms with Gasteiger partial charge in [-0.15, -0.1) is 0 Å². The van der Waals surface area contributed by atoms with Crippen molar-refractivity contribution in [2.24, 2.45) is 0 Å². The molecule has 4 nitrogen and oxygen atoms in total. The van der Waals surface area contributed by atoms with Crippen molar-refractivity contribution in [2.45, 2.75) is 19.4 Å². The molecule has 0 saturated heterocycles. The highest BCUT2D eigenvalue weighted by Crippen LogP contribution is 2.22. The Morgan fingerprint density at radius 2 is 1.70 bits per heavy atom. The maximum absolute atomic E-state index is 11.5. The van der Waals surface area contributed by atoms with E-state index in [1.54, 1.807) is 31.2 Å². The van der Waals surface area contributed by atoms with Crippen molar-refractivity contribution in [3.8, 4) is 11.5 Å². The Bertz CT molecular complexity index is 550. The normalized spacial score (nSPS) is 11.7. The predicted octanol–water partition coefficient (Wildman–Crippen LogP) is 3.19. The van der Waals surface area contributed by atoms with Crippen LogP contribution in [0.15, 0.2) is 54.6 Å². The van der Waals surface area contributed by atoms with Gasteiger partial charge in [-0.1, -0.05) is 18.2 Å². The van der Waals surface area contributed by atoms with Crippen LogP contribution in [0.5, 0.6) is 11.5 Å². The largest absolute Gasteiger partial charge is 0.457 e. The zero-order valence-corrected chi connectivity index (χ0v) is 11.2. The monoisotopic (exact) mass is 271 g/mol. The number of anilines is 1. The van der Waals surface area contributed by atoms with E-state index < -0.39 is 6.10 Å². The number of nitrogens with one attached hydrogen (secondary N) is 1. The second-order valence-corrected chi connectivity index (χ2v) is 4.54. The van der Waals surface area contributed by atoms with Gasteiger partial charge in [0.2, 0.25) is 5.91 Å². The predicted molar refractivity (Wildman–Crippen MR) is 77.9 cm³/mol. The highest BCUT2D eigenvalue weighted by atomic mass is 16.5. The molecule has 0 heterocycles. The van der Waals surface area contributed by atoms with Crippen LogP contribution in [-0.2, 0) is 4.79 Å². The molecule has 0 aliphatic heterocycles. The van der Waals surface area contributed by atoms with Gasteiger partial charge in [-0.3, -0.25) is 4.79 Å². The van der Waals surface area contributed by atoms with Gasteiger partial charge >= 0.3 is 0 Å². The Balaban J connectivity index is 1.94. The third-order valence-electron chi connectivity index (χ3n) is 2.60. The minimum absolute atomic E-state index is 0.0856. The van der Waals surface area contributed by atoms with E-state index >= 15 is 0 Å². The van der Waals surface area contributed by atoms with Crippen molar-refractivity contribution in [3.63, 3.8) is 0 Å². The maximum Gasteiger partial charge on any atom is 0.226 e. The molecule has 20 heavy (non-hydrogen) atoms. The van der Waals surface area contributed by atoms with Crippen LogP contribution in [0.2, 0.25) is 0 Å². The van der Waals surface area contributed by atoms with Gasteiger partial charge in [0.15, 0.2) is 0 Å². The summed E-state index contributed by atoms with van der Waals surface area (Å²) in [6, 6.07) is 16.6. The van der Waals surface area contributed by atoms with Crippen LogP contribution in [0.3, 0.4) is 0 Å². The van der Waals surface area contributed by atoms with E-state index in [4.69, 9.17) is 9.84 Å². The number of para-hydroxylation sites is 1. The SMILES string of the molecule is CC(O)CC(=O)Nc1ccc(Oc2ccccc2)cc1. The zero-order chi connectivity index (χ0) is 14.4. The molecule has 0 spiro atoms. The number of carbonyl (C=O) groups is 1. The molecule has 0 saturated carbocycles. The lowest BCUT2D eigenvalue weighted by Gasteiger charge is -2.08. The summed E-state index contributed by atoms with van der Waals surface area (Å²) in [5, 5.41) is 11.8. The number of ether oxygens (including phenoxy) is 1. The molecule has 2 aromatic carbocycles. The number of aliphatic hydroxyl groups excluding tert-OH is 1. The highest BCUT2D eigenvalue weighted by molar-refractivity contribution is 5.91. The molecule has 2 rings (SSSR count). The van der Waals surface area contributed by atoms with Crippen molar-refractivity contribution < 1.29 is 14.6 Å². The van der Waals surface area contributed by atoms with Crippen molar-refractivity contribution in [2.75, 3.05) is 5.32 Å². The summed E-state index contributed by atoms with van der Waals surface area (Å²) in [5.41, 5.74) is 0.677. The first kappa shape index (κ1) is 14.1. The zero-order valence-electron chi connectivity index (χ0n) is 11.2. The number of benzene rings is 2. The second-order valence-electron chi connectivity index (χ2n) is 4.54. The first-order chi connectivity index (χ1) is 9.63. The van der Waals surface area contributed by atoms with E-state index in [0.717, 1.165) is 5.75 Å². The molecular formula is C16H17NO3. The highest BCUT2D eigenvalue weighted by Gasteiger charge is 2.06. The number of rotatable bonds is 5. The molecule has 4 heteroatoms. The van der Waals surface area contributed by atoms with Crippen LogP contribution in [0, 0.1) is 0 Å². The lowest BCUT2D eigenvalue weighted by Crippen LogP contribution is -2.17. The molecule has 1 amide bonds. The van der Waals surface area contributed by atoms with Crippen molar-refractivity contribution in [1.82, 2.24) is 0 Å². The van der Waals surface area contributed by atoms with Crippen LogP contribution in [-0.4, -0.2) is 17.1 Å². The second kappa shape index (κ2) is 6.73. The fraction of sp³-hybridized carbons (Fsp3) is 0.188. The number of hydrogen-bond donors (Lipinski definition) is 2. The Hall–Kier alpha value is -2.33. The third-order valence-corrected chi connectivity index (χ3v) is 2.60. The van der Waals surface area contributed by atoms with Gasteiger partial charge in [0, 0.05) is 5.69 Å². The lowest BCUT2D eigenvalue weighted by molar-refractivity contribution is -0.117. The van der Waals surface area contributed by atoms with Crippen molar-refractivity contribution >= 4 is 11.6 Å². The molecule has 2 aromatic rings. The molecule has 2 N–H and O–H groups in total. The Morgan fingerprint density at radius 3 is 2.30 bits per heavy atom. The molecule has 0 radical (unpaired) electrons. The quantitative estimate of drug-likeness (QED) is 0.878. The molecule has 0 aliphatic carbocycles. The van der Waals surface area contributed by atoms with Crippen LogP contribution < -0.4 is 10.1 Å². The fourth-order valence-corrected chi connectivity index (χ4v) is 1.71. The Morgan fingerprint density at radius 1 is 1.10 bits per heavy atom. The summed E-state index contributed by atoms with van der Waals surface area (Å²) in [5.74, 6) is 1.25. The average molecular weight is 271 g/mol. The first-order valence-electron chi connectivity index (χ1n) is 6.44.